The number of para-hydroxylation sites is 1. The van der Waals surface area contributed by atoms with Gasteiger partial charge in [0, 0.05) is 13.0 Å². The molecule has 2 heterocycles. The number of aromatic nitrogens is 2. The highest BCUT2D eigenvalue weighted by Gasteiger charge is 2.35. The predicted octanol–water partition coefficient (Wildman–Crippen LogP) is 2.04. The molecule has 1 aromatic carbocycles. The summed E-state index contributed by atoms with van der Waals surface area (Å²) in [6.45, 7) is 2.08. The number of aryl methyl sites for hydroxylation is 1. The molecule has 0 N–H and O–H groups in total. The molecule has 1 aromatic heterocycles. The van der Waals surface area contributed by atoms with Crippen LogP contribution in [-0.4, -0.2) is 22.6 Å². The summed E-state index contributed by atoms with van der Waals surface area (Å²) < 4.78 is 18.8. The third kappa shape index (κ3) is 2.09. The van der Waals surface area contributed by atoms with Gasteiger partial charge in [-0.25, -0.2) is 4.39 Å². The summed E-state index contributed by atoms with van der Waals surface area (Å²) in [5.74, 6) is 0.258. The largest absolute Gasteiger partial charge is 0.339 e. The molecule has 0 radical (unpaired) electrons. The topological polar surface area (TPSA) is 59.2 Å². The van der Waals surface area contributed by atoms with E-state index in [1.54, 1.807) is 25.1 Å². The zero-order valence-electron chi connectivity index (χ0n) is 10.3. The quantitative estimate of drug-likeness (QED) is 0.830. The van der Waals surface area contributed by atoms with Crippen LogP contribution in [0.15, 0.2) is 28.8 Å². The van der Waals surface area contributed by atoms with Gasteiger partial charge in [-0.2, -0.15) is 4.98 Å². The van der Waals surface area contributed by atoms with Crippen molar-refractivity contribution >= 4 is 11.6 Å². The first kappa shape index (κ1) is 11.8. The Labute approximate surface area is 109 Å². The van der Waals surface area contributed by atoms with Crippen molar-refractivity contribution in [2.45, 2.75) is 19.3 Å². The van der Waals surface area contributed by atoms with Crippen LogP contribution in [0, 0.1) is 12.7 Å². The number of benzene rings is 1. The van der Waals surface area contributed by atoms with Gasteiger partial charge in [-0.1, -0.05) is 17.3 Å². The molecule has 6 heteroatoms. The third-order valence-electron chi connectivity index (χ3n) is 3.16. The number of hydrogen-bond acceptors (Lipinski definition) is 4. The first-order valence-electron chi connectivity index (χ1n) is 6.00. The first-order valence-corrected chi connectivity index (χ1v) is 6.00. The molecule has 1 saturated heterocycles. The molecule has 98 valence electrons. The smallest absolute Gasteiger partial charge is 0.232 e. The minimum atomic E-state index is -0.404. The lowest BCUT2D eigenvalue weighted by Crippen LogP contribution is -2.25. The van der Waals surface area contributed by atoms with Crippen molar-refractivity contribution in [1.29, 1.82) is 0 Å². The zero-order valence-corrected chi connectivity index (χ0v) is 10.3. The maximum absolute atomic E-state index is 13.7. The van der Waals surface area contributed by atoms with Crippen molar-refractivity contribution in [3.05, 3.63) is 41.8 Å². The average Bonchev–Trinajstić information content (AvgIpc) is 2.96. The number of carbonyl (C=O) groups excluding carboxylic acids is 1. The highest BCUT2D eigenvalue weighted by atomic mass is 19.1. The summed E-state index contributed by atoms with van der Waals surface area (Å²) in [6.07, 6.45) is 0.260. The second-order valence-corrected chi connectivity index (χ2v) is 4.54. The summed E-state index contributed by atoms with van der Waals surface area (Å²) in [5, 5.41) is 3.71. The van der Waals surface area contributed by atoms with E-state index in [0.29, 0.717) is 23.9 Å². The lowest BCUT2D eigenvalue weighted by Gasteiger charge is -2.16. The van der Waals surface area contributed by atoms with Crippen LogP contribution in [0.2, 0.25) is 0 Å². The summed E-state index contributed by atoms with van der Waals surface area (Å²) in [6, 6.07) is 6.23. The lowest BCUT2D eigenvalue weighted by molar-refractivity contribution is -0.117. The van der Waals surface area contributed by atoms with E-state index in [4.69, 9.17) is 4.52 Å². The van der Waals surface area contributed by atoms with Gasteiger partial charge in [-0.3, -0.25) is 4.79 Å². The van der Waals surface area contributed by atoms with Crippen LogP contribution in [-0.2, 0) is 4.79 Å². The van der Waals surface area contributed by atoms with Gasteiger partial charge in [0.05, 0.1) is 11.6 Å². The first-order chi connectivity index (χ1) is 9.15. The molecule has 0 saturated carbocycles. The van der Waals surface area contributed by atoms with Crippen molar-refractivity contribution < 1.29 is 13.7 Å². The van der Waals surface area contributed by atoms with Crippen molar-refractivity contribution in [3.8, 4) is 0 Å². The second kappa shape index (κ2) is 4.46. The fourth-order valence-corrected chi connectivity index (χ4v) is 2.26. The third-order valence-corrected chi connectivity index (χ3v) is 3.16. The minimum absolute atomic E-state index is 0.133. The Morgan fingerprint density at radius 2 is 2.21 bits per heavy atom. The van der Waals surface area contributed by atoms with Gasteiger partial charge in [0.15, 0.2) is 5.82 Å². The molecule has 5 nitrogen and oxygen atoms in total. The number of carbonyl (C=O) groups is 1. The molecule has 0 aliphatic carbocycles. The number of rotatable bonds is 2. The van der Waals surface area contributed by atoms with Crippen LogP contribution >= 0.6 is 0 Å². The molecule has 2 aromatic rings. The highest BCUT2D eigenvalue weighted by molar-refractivity contribution is 5.96. The molecule has 1 aliphatic heterocycles. The minimum Gasteiger partial charge on any atom is -0.339 e. The van der Waals surface area contributed by atoms with Gasteiger partial charge >= 0.3 is 0 Å². The van der Waals surface area contributed by atoms with Gasteiger partial charge in [0.25, 0.3) is 0 Å². The van der Waals surface area contributed by atoms with Gasteiger partial charge < -0.3 is 9.42 Å². The number of halogens is 1. The Balaban J connectivity index is 1.86. The Morgan fingerprint density at radius 1 is 1.42 bits per heavy atom. The Hall–Kier alpha value is -2.24. The van der Waals surface area contributed by atoms with E-state index < -0.39 is 5.82 Å². The van der Waals surface area contributed by atoms with Crippen molar-refractivity contribution in [2.75, 3.05) is 11.4 Å². The molecule has 1 amide bonds. The SMILES string of the molecule is Cc1noc(C2CC(=O)N(c3ccccc3F)C2)n1. The molecule has 0 bridgehead atoms. The lowest BCUT2D eigenvalue weighted by atomic mass is 10.1. The van der Waals surface area contributed by atoms with E-state index >= 15 is 0 Å². The summed E-state index contributed by atoms with van der Waals surface area (Å²) in [4.78, 5) is 17.5. The molecule has 1 fully saturated rings. The van der Waals surface area contributed by atoms with E-state index in [-0.39, 0.29) is 18.2 Å². The predicted molar refractivity (Wildman–Crippen MR) is 65.1 cm³/mol. The van der Waals surface area contributed by atoms with Gasteiger partial charge in [0.1, 0.15) is 5.82 Å². The van der Waals surface area contributed by atoms with Crippen LogP contribution in [0.5, 0.6) is 0 Å². The molecule has 3 rings (SSSR count). The second-order valence-electron chi connectivity index (χ2n) is 4.54. The standard InChI is InChI=1S/C13H12FN3O2/c1-8-15-13(19-16-8)9-6-12(18)17(7-9)11-5-3-2-4-10(11)14/h2-5,9H,6-7H2,1H3. The van der Waals surface area contributed by atoms with Gasteiger partial charge in [-0.15, -0.1) is 0 Å². The average molecular weight is 261 g/mol. The van der Waals surface area contributed by atoms with Crippen LogP contribution < -0.4 is 4.90 Å². The van der Waals surface area contributed by atoms with Gasteiger partial charge in [-0.05, 0) is 19.1 Å². The van der Waals surface area contributed by atoms with E-state index in [9.17, 15) is 9.18 Å². The van der Waals surface area contributed by atoms with Crippen LogP contribution in [0.1, 0.15) is 24.1 Å². The van der Waals surface area contributed by atoms with E-state index in [1.165, 1.54) is 11.0 Å². The maximum atomic E-state index is 13.7. The fourth-order valence-electron chi connectivity index (χ4n) is 2.26. The van der Waals surface area contributed by atoms with E-state index in [2.05, 4.69) is 10.1 Å². The van der Waals surface area contributed by atoms with Crippen molar-refractivity contribution in [3.63, 3.8) is 0 Å². The molecular formula is C13H12FN3O2. The number of hydrogen-bond donors (Lipinski definition) is 0. The number of nitrogens with zero attached hydrogens (tertiary/aromatic N) is 3. The fraction of sp³-hybridized carbons (Fsp3) is 0.308. The van der Waals surface area contributed by atoms with Gasteiger partial charge in [0.2, 0.25) is 11.8 Å². The van der Waals surface area contributed by atoms with Crippen LogP contribution in [0.25, 0.3) is 0 Å². The number of amides is 1. The molecule has 1 unspecified atom stereocenters. The van der Waals surface area contributed by atoms with Crippen molar-refractivity contribution in [1.82, 2.24) is 10.1 Å². The summed E-state index contributed by atoms with van der Waals surface area (Å²) in [5.41, 5.74) is 0.297. The Bertz CT molecular complexity index is 626. The van der Waals surface area contributed by atoms with E-state index in [1.807, 2.05) is 0 Å². The Kier molecular flexibility index (Phi) is 2.77. The molecule has 1 atom stereocenters. The molecule has 0 spiro atoms. The van der Waals surface area contributed by atoms with E-state index in [0.717, 1.165) is 0 Å². The van der Waals surface area contributed by atoms with Crippen LogP contribution in [0.4, 0.5) is 10.1 Å². The zero-order chi connectivity index (χ0) is 13.4. The Morgan fingerprint density at radius 3 is 2.89 bits per heavy atom. The normalized spacial score (nSPS) is 19.2. The monoisotopic (exact) mass is 261 g/mol. The molecule has 19 heavy (non-hydrogen) atoms. The summed E-state index contributed by atoms with van der Waals surface area (Å²) in [7, 11) is 0. The molecular weight excluding hydrogens is 249 g/mol. The molecule has 1 aliphatic rings. The maximum Gasteiger partial charge on any atom is 0.232 e. The van der Waals surface area contributed by atoms with Crippen molar-refractivity contribution in [2.24, 2.45) is 0 Å². The number of anilines is 1. The highest BCUT2D eigenvalue weighted by Crippen LogP contribution is 2.32. The summed E-state index contributed by atoms with van der Waals surface area (Å²) >= 11 is 0. The van der Waals surface area contributed by atoms with Crippen LogP contribution in [0.3, 0.4) is 0 Å².